The van der Waals surface area contributed by atoms with Crippen LogP contribution in [0.5, 0.6) is 0 Å². The first-order valence-corrected chi connectivity index (χ1v) is 8.24. The summed E-state index contributed by atoms with van der Waals surface area (Å²) in [7, 11) is 0. The maximum absolute atomic E-state index is 12.2. The zero-order valence-electron chi connectivity index (χ0n) is 11.7. The van der Waals surface area contributed by atoms with E-state index in [0.29, 0.717) is 5.56 Å². The lowest BCUT2D eigenvalue weighted by Crippen LogP contribution is -2.32. The first-order valence-electron chi connectivity index (χ1n) is 6.66. The fourth-order valence-electron chi connectivity index (χ4n) is 1.88. The first kappa shape index (κ1) is 16.7. The molecule has 0 radical (unpaired) electrons. The van der Waals surface area contributed by atoms with E-state index in [9.17, 15) is 4.79 Å². The van der Waals surface area contributed by atoms with Gasteiger partial charge in [0, 0.05) is 15.0 Å². The highest BCUT2D eigenvalue weighted by atomic mass is 79.9. The van der Waals surface area contributed by atoms with E-state index >= 15 is 0 Å². The third-order valence-corrected chi connectivity index (χ3v) is 4.15. The Hall–Kier alpha value is -0.350. The molecule has 1 atom stereocenters. The molecule has 1 amide bonds. The molecule has 0 saturated carbocycles. The number of carbonyl (C=O) groups is 1. The molecule has 0 bridgehead atoms. The van der Waals surface area contributed by atoms with Crippen molar-refractivity contribution >= 4 is 37.8 Å². The average molecular weight is 391 g/mol. The van der Waals surface area contributed by atoms with Gasteiger partial charge in [-0.3, -0.25) is 4.79 Å². The Bertz CT molecular complexity index is 432. The van der Waals surface area contributed by atoms with E-state index in [0.717, 1.165) is 27.7 Å². The molecule has 4 heteroatoms. The lowest BCUT2D eigenvalue weighted by molar-refractivity contribution is 0.0937. The van der Waals surface area contributed by atoms with Crippen LogP contribution in [0, 0.1) is 5.92 Å². The van der Waals surface area contributed by atoms with Crippen molar-refractivity contribution in [3.8, 4) is 0 Å². The molecule has 0 aliphatic heterocycles. The van der Waals surface area contributed by atoms with Crippen molar-refractivity contribution in [2.24, 2.45) is 5.92 Å². The van der Waals surface area contributed by atoms with Gasteiger partial charge in [0.25, 0.3) is 5.91 Å². The maximum atomic E-state index is 12.2. The van der Waals surface area contributed by atoms with E-state index in [4.69, 9.17) is 0 Å². The van der Waals surface area contributed by atoms with Gasteiger partial charge in [0.2, 0.25) is 0 Å². The van der Waals surface area contributed by atoms with E-state index in [1.54, 1.807) is 0 Å². The van der Waals surface area contributed by atoms with Crippen molar-refractivity contribution in [2.75, 3.05) is 0 Å². The van der Waals surface area contributed by atoms with E-state index < -0.39 is 0 Å². The van der Waals surface area contributed by atoms with Crippen LogP contribution in [-0.4, -0.2) is 11.9 Å². The molecule has 0 heterocycles. The number of halogens is 2. The highest BCUT2D eigenvalue weighted by Gasteiger charge is 2.13. The van der Waals surface area contributed by atoms with Crippen LogP contribution in [0.25, 0.3) is 0 Å². The van der Waals surface area contributed by atoms with Gasteiger partial charge >= 0.3 is 0 Å². The normalized spacial score (nSPS) is 12.5. The van der Waals surface area contributed by atoms with Gasteiger partial charge in [-0.05, 0) is 53.4 Å². The van der Waals surface area contributed by atoms with E-state index in [-0.39, 0.29) is 11.9 Å². The van der Waals surface area contributed by atoms with Crippen LogP contribution in [0.4, 0.5) is 0 Å². The van der Waals surface area contributed by atoms with Gasteiger partial charge in [-0.15, -0.1) is 0 Å². The number of hydrogen-bond donors (Lipinski definition) is 1. The SMILES string of the molecule is CC(C)CCCC(C)NC(=O)c1cc(Br)ccc1Br. The number of nitrogens with one attached hydrogen (secondary N) is 1. The van der Waals surface area contributed by atoms with Gasteiger partial charge in [-0.2, -0.15) is 0 Å². The number of hydrogen-bond acceptors (Lipinski definition) is 1. The Balaban J connectivity index is 2.52. The van der Waals surface area contributed by atoms with Crippen LogP contribution >= 0.6 is 31.9 Å². The van der Waals surface area contributed by atoms with Gasteiger partial charge in [0.15, 0.2) is 0 Å². The van der Waals surface area contributed by atoms with E-state index in [1.807, 2.05) is 18.2 Å². The molecule has 1 aromatic carbocycles. The van der Waals surface area contributed by atoms with Crippen LogP contribution in [0.2, 0.25) is 0 Å². The molecule has 1 unspecified atom stereocenters. The van der Waals surface area contributed by atoms with Crippen LogP contribution < -0.4 is 5.32 Å². The van der Waals surface area contributed by atoms with Crippen LogP contribution in [-0.2, 0) is 0 Å². The quantitative estimate of drug-likeness (QED) is 0.714. The van der Waals surface area contributed by atoms with Gasteiger partial charge < -0.3 is 5.32 Å². The van der Waals surface area contributed by atoms with Crippen molar-refractivity contribution in [3.05, 3.63) is 32.7 Å². The minimum absolute atomic E-state index is 0.0229. The Kier molecular flexibility index (Phi) is 7.08. The van der Waals surface area contributed by atoms with Gasteiger partial charge in [-0.25, -0.2) is 0 Å². The fourth-order valence-corrected chi connectivity index (χ4v) is 2.67. The Labute approximate surface area is 132 Å². The second-order valence-electron chi connectivity index (χ2n) is 5.32. The van der Waals surface area contributed by atoms with Crippen LogP contribution in [0.1, 0.15) is 50.4 Å². The summed E-state index contributed by atoms with van der Waals surface area (Å²) in [5.41, 5.74) is 0.671. The summed E-state index contributed by atoms with van der Waals surface area (Å²) in [5.74, 6) is 0.701. The summed E-state index contributed by atoms with van der Waals surface area (Å²) < 4.78 is 1.73. The van der Waals surface area contributed by atoms with E-state index in [1.165, 1.54) is 6.42 Å². The van der Waals surface area contributed by atoms with Crippen molar-refractivity contribution in [1.29, 1.82) is 0 Å². The van der Waals surface area contributed by atoms with Crippen molar-refractivity contribution in [2.45, 2.75) is 46.1 Å². The Morgan fingerprint density at radius 1 is 1.21 bits per heavy atom. The van der Waals surface area contributed by atoms with Crippen molar-refractivity contribution in [1.82, 2.24) is 5.32 Å². The summed E-state index contributed by atoms with van der Waals surface area (Å²) in [4.78, 5) is 12.2. The minimum Gasteiger partial charge on any atom is -0.350 e. The van der Waals surface area contributed by atoms with Crippen LogP contribution in [0.15, 0.2) is 27.1 Å². The number of rotatable bonds is 6. The van der Waals surface area contributed by atoms with Gasteiger partial charge in [0.1, 0.15) is 0 Å². The molecule has 19 heavy (non-hydrogen) atoms. The molecule has 0 aromatic heterocycles. The second kappa shape index (κ2) is 8.05. The predicted octanol–water partition coefficient (Wildman–Crippen LogP) is 5.16. The summed E-state index contributed by atoms with van der Waals surface area (Å²) in [5, 5.41) is 3.05. The number of benzene rings is 1. The molecule has 0 saturated heterocycles. The van der Waals surface area contributed by atoms with Crippen LogP contribution in [0.3, 0.4) is 0 Å². The molecule has 106 valence electrons. The topological polar surface area (TPSA) is 29.1 Å². The monoisotopic (exact) mass is 389 g/mol. The third kappa shape index (κ3) is 6.09. The molecule has 1 rings (SSSR count). The minimum atomic E-state index is -0.0229. The lowest BCUT2D eigenvalue weighted by Gasteiger charge is -2.15. The zero-order chi connectivity index (χ0) is 14.4. The standard InChI is InChI=1S/C15H21Br2NO/c1-10(2)5-4-6-11(3)18-15(19)13-9-12(16)7-8-14(13)17/h7-11H,4-6H2,1-3H3,(H,18,19). The Morgan fingerprint density at radius 3 is 2.53 bits per heavy atom. The summed E-state index contributed by atoms with van der Waals surface area (Å²) in [6.45, 7) is 6.51. The van der Waals surface area contributed by atoms with E-state index in [2.05, 4.69) is 57.9 Å². The largest absolute Gasteiger partial charge is 0.350 e. The zero-order valence-corrected chi connectivity index (χ0v) is 14.8. The molecule has 1 N–H and O–H groups in total. The van der Waals surface area contributed by atoms with Gasteiger partial charge in [-0.1, -0.05) is 42.6 Å². The average Bonchev–Trinajstić information content (AvgIpc) is 2.31. The van der Waals surface area contributed by atoms with Gasteiger partial charge in [0.05, 0.1) is 5.56 Å². The fraction of sp³-hybridized carbons (Fsp3) is 0.533. The highest BCUT2D eigenvalue weighted by molar-refractivity contribution is 9.11. The first-order chi connectivity index (χ1) is 8.90. The summed E-state index contributed by atoms with van der Waals surface area (Å²) >= 11 is 6.80. The molecule has 0 aliphatic carbocycles. The molecule has 1 aromatic rings. The number of amides is 1. The molecule has 0 spiro atoms. The second-order valence-corrected chi connectivity index (χ2v) is 7.09. The van der Waals surface area contributed by atoms with Crippen molar-refractivity contribution in [3.63, 3.8) is 0 Å². The number of carbonyl (C=O) groups excluding carboxylic acids is 1. The Morgan fingerprint density at radius 2 is 1.89 bits per heavy atom. The highest BCUT2D eigenvalue weighted by Crippen LogP contribution is 2.21. The predicted molar refractivity (Wildman–Crippen MR) is 87.5 cm³/mol. The molecular weight excluding hydrogens is 370 g/mol. The maximum Gasteiger partial charge on any atom is 0.252 e. The third-order valence-electron chi connectivity index (χ3n) is 2.97. The summed E-state index contributed by atoms with van der Waals surface area (Å²) in [6.07, 6.45) is 3.38. The van der Waals surface area contributed by atoms with Crippen molar-refractivity contribution < 1.29 is 4.79 Å². The summed E-state index contributed by atoms with van der Waals surface area (Å²) in [6, 6.07) is 5.83. The molecule has 0 fully saturated rings. The molecule has 0 aliphatic rings. The molecular formula is C15H21Br2NO. The molecule has 2 nitrogen and oxygen atoms in total. The lowest BCUT2D eigenvalue weighted by atomic mass is 10.0. The smallest absolute Gasteiger partial charge is 0.252 e.